The van der Waals surface area contributed by atoms with Crippen LogP contribution in [0.3, 0.4) is 0 Å². The van der Waals surface area contributed by atoms with E-state index in [0.717, 1.165) is 43.8 Å². The molecular formula is C59H71N9O10S2. The third kappa shape index (κ3) is 18.7. The molecule has 1 fully saturated rings. The molecule has 1 saturated heterocycles. The van der Waals surface area contributed by atoms with Crippen molar-refractivity contribution in [2.45, 2.75) is 108 Å². The number of rotatable bonds is 18. The third-order valence-corrected chi connectivity index (χ3v) is 15.7. The van der Waals surface area contributed by atoms with Gasteiger partial charge >= 0.3 is 5.97 Å². The zero-order valence-electron chi connectivity index (χ0n) is 44.9. The molecule has 0 aliphatic carbocycles. The maximum atomic E-state index is 14.9. The van der Waals surface area contributed by atoms with Crippen molar-refractivity contribution >= 4 is 68.9 Å². The lowest BCUT2D eigenvalue weighted by atomic mass is 9.97. The Hall–Kier alpha value is -7.72. The Bertz CT molecular complexity index is 2880. The van der Waals surface area contributed by atoms with Gasteiger partial charge in [0, 0.05) is 30.8 Å². The highest BCUT2D eigenvalue weighted by molar-refractivity contribution is 8.76. The lowest BCUT2D eigenvalue weighted by Gasteiger charge is -2.29. The summed E-state index contributed by atoms with van der Waals surface area (Å²) in [6.07, 6.45) is 0.586. The van der Waals surface area contributed by atoms with Gasteiger partial charge in [-0.1, -0.05) is 157 Å². The normalized spacial score (nSPS) is 20.6. The zero-order chi connectivity index (χ0) is 57.7. The smallest absolute Gasteiger partial charge is 0.326 e. The van der Waals surface area contributed by atoms with Gasteiger partial charge in [-0.25, -0.2) is 4.79 Å². The van der Waals surface area contributed by atoms with Gasteiger partial charge in [0.15, 0.2) is 0 Å². The number of nitrogens with one attached hydrogen (secondary N) is 7. The van der Waals surface area contributed by atoms with Crippen LogP contribution < -0.4 is 48.7 Å². The second-order valence-electron chi connectivity index (χ2n) is 20.0. The Morgan fingerprint density at radius 3 is 1.49 bits per heavy atom. The van der Waals surface area contributed by atoms with E-state index in [-0.39, 0.29) is 49.5 Å². The fourth-order valence-corrected chi connectivity index (χ4v) is 11.0. The zero-order valence-corrected chi connectivity index (χ0v) is 46.5. The summed E-state index contributed by atoms with van der Waals surface area (Å²) in [7, 11) is 2.07. The minimum Gasteiger partial charge on any atom is -0.508 e. The van der Waals surface area contributed by atoms with Crippen LogP contribution in [-0.4, -0.2) is 124 Å². The molecule has 8 atom stereocenters. The molecule has 0 saturated carbocycles. The molecule has 0 unspecified atom stereocenters. The molecule has 1 aliphatic rings. The first-order valence-corrected chi connectivity index (χ1v) is 29.0. The number of unbranched alkanes of at least 4 members (excludes halogenated alkanes) is 1. The molecule has 5 aromatic carbocycles. The molecule has 0 spiro atoms. The van der Waals surface area contributed by atoms with Gasteiger partial charge < -0.3 is 58.9 Å². The van der Waals surface area contributed by atoms with Crippen molar-refractivity contribution in [2.24, 2.45) is 17.4 Å². The summed E-state index contributed by atoms with van der Waals surface area (Å²) in [5.74, 6) is -7.74. The van der Waals surface area contributed by atoms with Crippen LogP contribution in [0, 0.1) is 5.92 Å². The molecule has 1 heterocycles. The van der Waals surface area contributed by atoms with Crippen LogP contribution in [-0.2, 0) is 57.6 Å². The molecule has 21 heteroatoms. The Kier molecular flexibility index (Phi) is 23.5. The number of phenols is 1. The lowest BCUT2D eigenvalue weighted by Crippen LogP contribution is -2.61. The van der Waals surface area contributed by atoms with Crippen molar-refractivity contribution in [2.75, 3.05) is 18.1 Å². The molecule has 13 N–H and O–H groups in total. The maximum Gasteiger partial charge on any atom is 0.326 e. The minimum absolute atomic E-state index is 0.0445. The quantitative estimate of drug-likeness (QED) is 0.0440. The molecule has 0 bridgehead atoms. The Balaban J connectivity index is 1.40. The predicted molar refractivity (Wildman–Crippen MR) is 310 cm³/mol. The van der Waals surface area contributed by atoms with Crippen LogP contribution in [0.1, 0.15) is 56.7 Å². The van der Waals surface area contributed by atoms with E-state index in [1.165, 1.54) is 19.1 Å². The average Bonchev–Trinajstić information content (AvgIpc) is 3.44. The fraction of sp³-hybridized carbons (Fsp3) is 0.356. The summed E-state index contributed by atoms with van der Waals surface area (Å²) >= 11 is 0. The Labute approximate surface area is 473 Å². The van der Waals surface area contributed by atoms with E-state index in [9.17, 15) is 48.6 Å². The second kappa shape index (κ2) is 30.6. The Morgan fingerprint density at radius 2 is 0.988 bits per heavy atom. The van der Waals surface area contributed by atoms with Crippen LogP contribution in [0.2, 0.25) is 0 Å². The molecule has 19 nitrogen and oxygen atoms in total. The van der Waals surface area contributed by atoms with E-state index < -0.39 is 102 Å². The molecule has 6 rings (SSSR count). The number of nitrogens with two attached hydrogens (primary N) is 2. The van der Waals surface area contributed by atoms with Gasteiger partial charge in [-0.05, 0) is 89.7 Å². The summed E-state index contributed by atoms with van der Waals surface area (Å²) in [6.45, 7) is 4.90. The summed E-state index contributed by atoms with van der Waals surface area (Å²) in [5, 5.41) is 39.2. The first kappa shape index (κ1) is 61.5. The molecule has 80 heavy (non-hydrogen) atoms. The van der Waals surface area contributed by atoms with Crippen LogP contribution >= 0.6 is 21.6 Å². The summed E-state index contributed by atoms with van der Waals surface area (Å²) in [4.78, 5) is 113. The van der Waals surface area contributed by atoms with Crippen molar-refractivity contribution in [1.29, 1.82) is 0 Å². The van der Waals surface area contributed by atoms with Gasteiger partial charge in [-0.3, -0.25) is 33.6 Å². The second-order valence-corrected chi connectivity index (χ2v) is 22.5. The van der Waals surface area contributed by atoms with Gasteiger partial charge in [0.2, 0.25) is 41.4 Å². The molecule has 7 amide bonds. The fourth-order valence-electron chi connectivity index (χ4n) is 8.69. The number of hydrogen-bond acceptors (Lipinski definition) is 13. The van der Waals surface area contributed by atoms with E-state index in [1.807, 2.05) is 78.9 Å². The number of aromatic hydroxyl groups is 1. The van der Waals surface area contributed by atoms with Crippen LogP contribution in [0.15, 0.2) is 133 Å². The van der Waals surface area contributed by atoms with E-state index >= 15 is 0 Å². The Morgan fingerprint density at radius 1 is 0.562 bits per heavy atom. The summed E-state index contributed by atoms with van der Waals surface area (Å²) in [6, 6.07) is 29.8. The van der Waals surface area contributed by atoms with Gasteiger partial charge in [0.05, 0.1) is 6.04 Å². The number of carboxylic acid groups (broad SMARTS) is 1. The van der Waals surface area contributed by atoms with Crippen LogP contribution in [0.25, 0.3) is 22.3 Å². The first-order valence-electron chi connectivity index (χ1n) is 26.5. The number of carbonyl (C=O) groups is 8. The van der Waals surface area contributed by atoms with Gasteiger partial charge in [-0.2, -0.15) is 0 Å². The monoisotopic (exact) mass is 1130 g/mol. The number of carbonyl (C=O) groups excluding carboxylic acids is 7. The van der Waals surface area contributed by atoms with Crippen molar-refractivity contribution < 1.29 is 48.6 Å². The molecule has 0 radical (unpaired) electrons. The largest absolute Gasteiger partial charge is 0.508 e. The predicted octanol–water partition coefficient (Wildman–Crippen LogP) is 3.76. The van der Waals surface area contributed by atoms with Gasteiger partial charge in [0.25, 0.3) is 0 Å². The van der Waals surface area contributed by atoms with Gasteiger partial charge in [0.1, 0.15) is 48.0 Å². The van der Waals surface area contributed by atoms with E-state index in [4.69, 9.17) is 11.5 Å². The lowest BCUT2D eigenvalue weighted by molar-refractivity contribution is -0.143. The minimum atomic E-state index is -1.43. The van der Waals surface area contributed by atoms with Crippen molar-refractivity contribution in [3.05, 3.63) is 150 Å². The molecule has 424 valence electrons. The highest BCUT2D eigenvalue weighted by Gasteiger charge is 2.36. The maximum absolute atomic E-state index is 14.9. The van der Waals surface area contributed by atoms with Crippen molar-refractivity contribution in [1.82, 2.24) is 37.2 Å². The van der Waals surface area contributed by atoms with Crippen LogP contribution in [0.5, 0.6) is 5.75 Å². The molecule has 1 aliphatic heterocycles. The topological polar surface area (TPSA) is 313 Å². The number of carboxylic acids is 1. The number of amides is 7. The number of hydrogen-bond donors (Lipinski definition) is 11. The molecule has 0 aromatic heterocycles. The number of aliphatic carboxylic acids is 1. The standard InChI is InChI=1S/C59H71N9O10S2/c1-35(2)51(59(77)78)68-58(76)50-34-80-79-33-49(66-52(70)36(3)61)57(75)65-46(30-37-12-6-4-7-13-37)55(73)64-47(31-38-17-21-41(22-18-38)43-25-23-42(24-26-43)40-14-8-5-9-15-40)54(72)62-45(16-10-11-29-60)53(71)63-48(56(74)67-50)32-39-19-27-44(69)28-20-39/h4-9,12-15,17-28,35-36,45-51,69H,10-11,16,29-34,60-61H2,1-3H3,(H,62,72)(H,63,71)(H,64,73)(H,65,75)(H,66,70)(H,67,74)(H,68,76)(H,77,78)/t36-,45-,46-,47-,48-,49-,50-,51-/m0/s1. The van der Waals surface area contributed by atoms with Crippen LogP contribution in [0.4, 0.5) is 0 Å². The summed E-state index contributed by atoms with van der Waals surface area (Å²) < 4.78 is 0. The first-order chi connectivity index (χ1) is 38.4. The third-order valence-electron chi connectivity index (χ3n) is 13.3. The number of phenolic OH excluding ortho intramolecular Hbond substituents is 1. The number of benzene rings is 5. The van der Waals surface area contributed by atoms with E-state index in [1.54, 1.807) is 56.3 Å². The van der Waals surface area contributed by atoms with E-state index in [0.29, 0.717) is 29.5 Å². The van der Waals surface area contributed by atoms with E-state index in [2.05, 4.69) is 37.2 Å². The summed E-state index contributed by atoms with van der Waals surface area (Å²) in [5.41, 5.74) is 17.6. The SMILES string of the molecule is CC(C)[C@H](NC(=O)[C@@H]1CSSC[C@H](NC(=O)[C@H](C)N)C(=O)N[C@@H](Cc2ccccc2)C(=O)N[C@@H](Cc2ccc(-c3ccc(-c4ccccc4)cc3)cc2)C(=O)N[C@@H](CCCCN)C(=O)N[C@@H](Cc2ccc(O)cc2)C(=O)N1)C(=O)O. The van der Waals surface area contributed by atoms with Crippen molar-refractivity contribution in [3.63, 3.8) is 0 Å². The highest BCUT2D eigenvalue weighted by Crippen LogP contribution is 2.27. The van der Waals surface area contributed by atoms with Crippen molar-refractivity contribution in [3.8, 4) is 28.0 Å². The van der Waals surface area contributed by atoms with Gasteiger partial charge in [-0.15, -0.1) is 0 Å². The molecule has 5 aromatic rings. The average molecular weight is 1130 g/mol. The molecular weight excluding hydrogens is 1060 g/mol. The highest BCUT2D eigenvalue weighted by atomic mass is 33.1.